The monoisotopic (exact) mass is 254 g/mol. The molecule has 0 aliphatic carbocycles. The van der Waals surface area contributed by atoms with Gasteiger partial charge in [-0.2, -0.15) is 9.49 Å². The molecule has 2 nitrogen and oxygen atoms in total. The van der Waals surface area contributed by atoms with Gasteiger partial charge in [0.15, 0.2) is 0 Å². The van der Waals surface area contributed by atoms with Crippen molar-refractivity contribution in [2.75, 3.05) is 0 Å². The first-order chi connectivity index (χ1) is 6.83. The Morgan fingerprint density at radius 1 is 1.29 bits per heavy atom. The summed E-state index contributed by atoms with van der Waals surface area (Å²) in [6, 6.07) is 9.22. The third kappa shape index (κ3) is 1.57. The fourth-order valence-electron chi connectivity index (χ4n) is 1.21. The standard InChI is InChI=1S/C10H8BrFN2/c11-6-8-7-13-14(10(8)12)9-4-2-1-3-5-9/h1-5,7H,6H2. The highest BCUT2D eigenvalue weighted by atomic mass is 79.9. The topological polar surface area (TPSA) is 17.8 Å². The Hall–Kier alpha value is -1.16. The van der Waals surface area contributed by atoms with Crippen molar-refractivity contribution in [1.29, 1.82) is 0 Å². The number of halogens is 2. The number of para-hydroxylation sites is 1. The van der Waals surface area contributed by atoms with Crippen molar-refractivity contribution in [3.8, 4) is 5.69 Å². The zero-order chi connectivity index (χ0) is 9.97. The van der Waals surface area contributed by atoms with Gasteiger partial charge in [0.2, 0.25) is 5.95 Å². The molecule has 2 aromatic rings. The Kier molecular flexibility index (Phi) is 2.63. The lowest BCUT2D eigenvalue weighted by Crippen LogP contribution is -1.99. The molecule has 0 aliphatic heterocycles. The fraction of sp³-hybridized carbons (Fsp3) is 0.100. The Morgan fingerprint density at radius 2 is 2.00 bits per heavy atom. The summed E-state index contributed by atoms with van der Waals surface area (Å²) in [5, 5.41) is 4.45. The van der Waals surface area contributed by atoms with E-state index in [0.717, 1.165) is 5.69 Å². The molecule has 0 radical (unpaired) electrons. The van der Waals surface area contributed by atoms with Crippen molar-refractivity contribution in [2.45, 2.75) is 5.33 Å². The van der Waals surface area contributed by atoms with Crippen molar-refractivity contribution in [2.24, 2.45) is 0 Å². The molecular weight excluding hydrogens is 247 g/mol. The second-order valence-corrected chi connectivity index (χ2v) is 3.40. The summed E-state index contributed by atoms with van der Waals surface area (Å²) >= 11 is 3.20. The van der Waals surface area contributed by atoms with Crippen LogP contribution in [0.25, 0.3) is 5.69 Å². The molecule has 72 valence electrons. The molecule has 0 spiro atoms. The van der Waals surface area contributed by atoms with E-state index in [4.69, 9.17) is 0 Å². The quantitative estimate of drug-likeness (QED) is 0.754. The van der Waals surface area contributed by atoms with Gasteiger partial charge in [-0.15, -0.1) is 0 Å². The summed E-state index contributed by atoms with van der Waals surface area (Å²) in [5.41, 5.74) is 1.30. The molecule has 0 N–H and O–H groups in total. The predicted molar refractivity (Wildman–Crippen MR) is 56.2 cm³/mol. The molecule has 1 aromatic heterocycles. The number of aromatic nitrogens is 2. The minimum absolute atomic E-state index is 0.312. The van der Waals surface area contributed by atoms with Crippen LogP contribution in [-0.4, -0.2) is 9.78 Å². The van der Waals surface area contributed by atoms with E-state index >= 15 is 0 Å². The van der Waals surface area contributed by atoms with Crippen LogP contribution < -0.4 is 0 Å². The molecule has 0 fully saturated rings. The van der Waals surface area contributed by atoms with Gasteiger partial charge in [-0.3, -0.25) is 0 Å². The van der Waals surface area contributed by atoms with Crippen molar-refractivity contribution in [1.82, 2.24) is 9.78 Å². The Labute approximate surface area is 89.5 Å². The van der Waals surface area contributed by atoms with E-state index in [1.165, 1.54) is 10.9 Å². The predicted octanol–water partition coefficient (Wildman–Crippen LogP) is 2.91. The van der Waals surface area contributed by atoms with E-state index in [9.17, 15) is 4.39 Å². The van der Waals surface area contributed by atoms with Crippen LogP contribution in [0, 0.1) is 5.95 Å². The number of hydrogen-bond acceptors (Lipinski definition) is 1. The molecule has 0 unspecified atom stereocenters. The van der Waals surface area contributed by atoms with Gasteiger partial charge < -0.3 is 0 Å². The molecule has 0 aliphatic rings. The zero-order valence-electron chi connectivity index (χ0n) is 7.32. The van der Waals surface area contributed by atoms with E-state index in [0.29, 0.717) is 10.9 Å². The highest BCUT2D eigenvalue weighted by molar-refractivity contribution is 9.08. The molecule has 4 heteroatoms. The molecule has 0 amide bonds. The van der Waals surface area contributed by atoms with Crippen LogP contribution >= 0.6 is 15.9 Å². The highest BCUT2D eigenvalue weighted by Gasteiger charge is 2.09. The third-order valence-electron chi connectivity index (χ3n) is 1.92. The largest absolute Gasteiger partial charge is 0.220 e. The van der Waals surface area contributed by atoms with Crippen LogP contribution in [0.2, 0.25) is 0 Å². The average Bonchev–Trinajstić information content (AvgIpc) is 2.61. The molecule has 0 atom stereocenters. The van der Waals surface area contributed by atoms with Gasteiger partial charge in [0.1, 0.15) is 0 Å². The van der Waals surface area contributed by atoms with E-state index in [1.54, 1.807) is 0 Å². The number of rotatable bonds is 2. The van der Waals surface area contributed by atoms with Crippen LogP contribution in [0.15, 0.2) is 36.5 Å². The lowest BCUT2D eigenvalue weighted by molar-refractivity contribution is 0.530. The van der Waals surface area contributed by atoms with Crippen LogP contribution in [-0.2, 0) is 5.33 Å². The van der Waals surface area contributed by atoms with Gasteiger partial charge >= 0.3 is 0 Å². The molecule has 14 heavy (non-hydrogen) atoms. The van der Waals surface area contributed by atoms with Crippen LogP contribution in [0.3, 0.4) is 0 Å². The molecule has 0 saturated carbocycles. The number of hydrogen-bond donors (Lipinski definition) is 0. The van der Waals surface area contributed by atoms with E-state index in [-0.39, 0.29) is 5.95 Å². The first-order valence-corrected chi connectivity index (χ1v) is 5.29. The maximum absolute atomic E-state index is 13.6. The first-order valence-electron chi connectivity index (χ1n) is 4.16. The van der Waals surface area contributed by atoms with Crippen molar-refractivity contribution >= 4 is 15.9 Å². The zero-order valence-corrected chi connectivity index (χ0v) is 8.91. The molecule has 1 heterocycles. The normalized spacial score (nSPS) is 10.4. The molecule has 0 saturated heterocycles. The number of benzene rings is 1. The van der Waals surface area contributed by atoms with Crippen molar-refractivity contribution in [3.63, 3.8) is 0 Å². The maximum atomic E-state index is 13.6. The smallest absolute Gasteiger partial charge is 0.206 e. The summed E-state index contributed by atoms with van der Waals surface area (Å²) < 4.78 is 14.9. The Morgan fingerprint density at radius 3 is 2.57 bits per heavy atom. The van der Waals surface area contributed by atoms with Crippen LogP contribution in [0.4, 0.5) is 4.39 Å². The van der Waals surface area contributed by atoms with Crippen LogP contribution in [0.5, 0.6) is 0 Å². The van der Waals surface area contributed by atoms with Gasteiger partial charge in [-0.05, 0) is 12.1 Å². The minimum atomic E-state index is -0.312. The minimum Gasteiger partial charge on any atom is -0.206 e. The molecule has 1 aromatic carbocycles. The SMILES string of the molecule is Fc1c(CBr)cnn1-c1ccccc1. The summed E-state index contributed by atoms with van der Waals surface area (Å²) in [5.74, 6) is -0.312. The summed E-state index contributed by atoms with van der Waals surface area (Å²) in [6.45, 7) is 0. The first kappa shape index (κ1) is 9.40. The number of nitrogens with zero attached hydrogens (tertiary/aromatic N) is 2. The van der Waals surface area contributed by atoms with Gasteiger partial charge in [0.05, 0.1) is 11.9 Å². The summed E-state index contributed by atoms with van der Waals surface area (Å²) in [6.07, 6.45) is 1.52. The lowest BCUT2D eigenvalue weighted by Gasteiger charge is -2.00. The third-order valence-corrected chi connectivity index (χ3v) is 2.53. The highest BCUT2D eigenvalue weighted by Crippen LogP contribution is 2.14. The lowest BCUT2D eigenvalue weighted by atomic mass is 10.3. The Bertz CT molecular complexity index is 425. The Balaban J connectivity index is 2.48. The van der Waals surface area contributed by atoms with Crippen molar-refractivity contribution in [3.05, 3.63) is 48.0 Å². The molecule has 0 bridgehead atoms. The van der Waals surface area contributed by atoms with Gasteiger partial charge in [0.25, 0.3) is 0 Å². The van der Waals surface area contributed by atoms with Gasteiger partial charge in [-0.25, -0.2) is 4.68 Å². The second kappa shape index (κ2) is 3.92. The average molecular weight is 255 g/mol. The van der Waals surface area contributed by atoms with Gasteiger partial charge in [-0.1, -0.05) is 34.1 Å². The van der Waals surface area contributed by atoms with Gasteiger partial charge in [0, 0.05) is 10.9 Å². The molecular formula is C10H8BrFN2. The molecule has 2 rings (SSSR count). The number of alkyl halides is 1. The van der Waals surface area contributed by atoms with E-state index in [2.05, 4.69) is 21.0 Å². The second-order valence-electron chi connectivity index (χ2n) is 2.84. The maximum Gasteiger partial charge on any atom is 0.220 e. The van der Waals surface area contributed by atoms with Crippen molar-refractivity contribution < 1.29 is 4.39 Å². The summed E-state index contributed by atoms with van der Waals surface area (Å²) in [7, 11) is 0. The fourth-order valence-corrected chi connectivity index (χ4v) is 1.58. The van der Waals surface area contributed by atoms with Crippen LogP contribution in [0.1, 0.15) is 5.56 Å². The van der Waals surface area contributed by atoms with E-state index in [1.807, 2.05) is 30.3 Å². The van der Waals surface area contributed by atoms with E-state index < -0.39 is 0 Å². The summed E-state index contributed by atoms with van der Waals surface area (Å²) in [4.78, 5) is 0.